The van der Waals surface area contributed by atoms with E-state index < -0.39 is 15.9 Å². The van der Waals surface area contributed by atoms with Gasteiger partial charge in [-0.25, -0.2) is 8.42 Å². The van der Waals surface area contributed by atoms with Gasteiger partial charge in [-0.1, -0.05) is 0 Å². The molecule has 0 aliphatic carbocycles. The van der Waals surface area contributed by atoms with Crippen LogP contribution in [0.1, 0.15) is 23.3 Å². The van der Waals surface area contributed by atoms with E-state index in [9.17, 15) is 18.0 Å². The number of hydrogen-bond acceptors (Lipinski definition) is 6. The van der Waals surface area contributed by atoms with E-state index >= 15 is 0 Å². The van der Waals surface area contributed by atoms with Gasteiger partial charge in [0, 0.05) is 44.0 Å². The maximum Gasteiger partial charge on any atom is 0.265 e. The molecule has 1 aromatic heterocycles. The Kier molecular flexibility index (Phi) is 5.16. The van der Waals surface area contributed by atoms with E-state index in [1.807, 2.05) is 0 Å². The second-order valence-electron chi connectivity index (χ2n) is 7.27. The molecule has 0 unspecified atom stereocenters. The lowest BCUT2D eigenvalue weighted by Gasteiger charge is -2.30. The number of carbonyl (C=O) groups is 2. The minimum Gasteiger partial charge on any atom is -0.454 e. The number of ether oxygens (including phenoxy) is 2. The van der Waals surface area contributed by atoms with E-state index in [2.05, 4.69) is 5.32 Å². The molecule has 160 valence electrons. The highest BCUT2D eigenvalue weighted by atomic mass is 32.2. The standard InChI is InChI=1S/C19H22N4O6S/c1-22-10-14(9-15(22)18(20)24)30(26,27)23-6-4-12(5-7-23)19(25)21-13-2-3-16-17(8-13)29-11-28-16/h2-3,8-10,12H,4-7,11H2,1H3,(H2,20,24)(H,21,25). The Balaban J connectivity index is 1.39. The van der Waals surface area contributed by atoms with Crippen molar-refractivity contribution in [2.24, 2.45) is 18.7 Å². The zero-order valence-corrected chi connectivity index (χ0v) is 17.1. The number of piperidine rings is 1. The number of aromatic nitrogens is 1. The van der Waals surface area contributed by atoms with Crippen molar-refractivity contribution in [2.45, 2.75) is 17.7 Å². The van der Waals surface area contributed by atoms with Gasteiger partial charge in [0.15, 0.2) is 11.5 Å². The number of nitrogens with zero attached hydrogens (tertiary/aromatic N) is 2. The van der Waals surface area contributed by atoms with Crippen molar-refractivity contribution in [1.29, 1.82) is 0 Å². The zero-order chi connectivity index (χ0) is 21.5. The van der Waals surface area contributed by atoms with Crippen molar-refractivity contribution in [1.82, 2.24) is 8.87 Å². The highest BCUT2D eigenvalue weighted by molar-refractivity contribution is 7.89. The molecule has 10 nitrogen and oxygen atoms in total. The fraction of sp³-hybridized carbons (Fsp3) is 0.368. The summed E-state index contributed by atoms with van der Waals surface area (Å²) in [7, 11) is -2.21. The van der Waals surface area contributed by atoms with Crippen molar-refractivity contribution in [3.8, 4) is 11.5 Å². The van der Waals surface area contributed by atoms with Gasteiger partial charge >= 0.3 is 0 Å². The number of aryl methyl sites for hydroxylation is 1. The average molecular weight is 434 g/mol. The molecule has 30 heavy (non-hydrogen) atoms. The molecule has 11 heteroatoms. The molecular formula is C19H22N4O6S. The second kappa shape index (κ2) is 7.65. The van der Waals surface area contributed by atoms with Crippen molar-refractivity contribution >= 4 is 27.5 Å². The van der Waals surface area contributed by atoms with Crippen LogP contribution in [0.15, 0.2) is 35.4 Å². The smallest absolute Gasteiger partial charge is 0.265 e. The van der Waals surface area contributed by atoms with Crippen molar-refractivity contribution in [3.05, 3.63) is 36.2 Å². The Bertz CT molecular complexity index is 1100. The van der Waals surface area contributed by atoms with Crippen LogP contribution in [0.2, 0.25) is 0 Å². The van der Waals surface area contributed by atoms with E-state index in [0.29, 0.717) is 30.0 Å². The van der Waals surface area contributed by atoms with Gasteiger partial charge in [0.25, 0.3) is 5.91 Å². The molecule has 2 aliphatic rings. The van der Waals surface area contributed by atoms with Crippen LogP contribution in [-0.4, -0.2) is 49.0 Å². The molecule has 4 rings (SSSR count). The molecular weight excluding hydrogens is 412 g/mol. The van der Waals surface area contributed by atoms with Gasteiger partial charge in [0.1, 0.15) is 10.6 Å². The van der Waals surface area contributed by atoms with Crippen molar-refractivity contribution in [2.75, 3.05) is 25.2 Å². The van der Waals surface area contributed by atoms with Crippen LogP contribution in [0, 0.1) is 5.92 Å². The monoisotopic (exact) mass is 434 g/mol. The van der Waals surface area contributed by atoms with Crippen LogP contribution >= 0.6 is 0 Å². The van der Waals surface area contributed by atoms with Gasteiger partial charge in [-0.15, -0.1) is 0 Å². The molecule has 2 amide bonds. The van der Waals surface area contributed by atoms with Gasteiger partial charge < -0.3 is 25.1 Å². The van der Waals surface area contributed by atoms with Gasteiger partial charge in [-0.3, -0.25) is 9.59 Å². The predicted octanol–water partition coefficient (Wildman–Crippen LogP) is 0.892. The Morgan fingerprint density at radius 1 is 1.13 bits per heavy atom. The minimum atomic E-state index is -3.77. The molecule has 0 radical (unpaired) electrons. The topological polar surface area (TPSA) is 133 Å². The molecule has 1 aromatic carbocycles. The largest absolute Gasteiger partial charge is 0.454 e. The molecule has 1 saturated heterocycles. The van der Waals surface area contributed by atoms with E-state index in [1.165, 1.54) is 21.1 Å². The maximum atomic E-state index is 12.9. The molecule has 2 aromatic rings. The molecule has 0 saturated carbocycles. The fourth-order valence-electron chi connectivity index (χ4n) is 3.65. The summed E-state index contributed by atoms with van der Waals surface area (Å²) >= 11 is 0. The van der Waals surface area contributed by atoms with E-state index in [4.69, 9.17) is 15.2 Å². The SMILES string of the molecule is Cn1cc(S(=O)(=O)N2CCC(C(=O)Nc3ccc4c(c3)OCO4)CC2)cc1C(N)=O. The quantitative estimate of drug-likeness (QED) is 0.718. The lowest BCUT2D eigenvalue weighted by atomic mass is 9.97. The number of hydrogen-bond donors (Lipinski definition) is 2. The number of anilines is 1. The number of fused-ring (bicyclic) bond motifs is 1. The van der Waals surface area contributed by atoms with Crippen molar-refractivity contribution in [3.63, 3.8) is 0 Å². The van der Waals surface area contributed by atoms with Gasteiger partial charge in [0.05, 0.1) is 0 Å². The third kappa shape index (κ3) is 3.73. The molecule has 1 fully saturated rings. The third-order valence-electron chi connectivity index (χ3n) is 5.33. The highest BCUT2D eigenvalue weighted by Gasteiger charge is 2.33. The average Bonchev–Trinajstić information content (AvgIpc) is 3.34. The lowest BCUT2D eigenvalue weighted by molar-refractivity contribution is -0.120. The summed E-state index contributed by atoms with van der Waals surface area (Å²) in [5, 5.41) is 2.85. The number of nitrogens with two attached hydrogens (primary N) is 1. The predicted molar refractivity (Wildman–Crippen MR) is 107 cm³/mol. The summed E-state index contributed by atoms with van der Waals surface area (Å²) in [6.45, 7) is 0.576. The van der Waals surface area contributed by atoms with E-state index in [-0.39, 0.29) is 42.3 Å². The van der Waals surface area contributed by atoms with Gasteiger partial charge in [-0.2, -0.15) is 4.31 Å². The molecule has 3 N–H and O–H groups in total. The fourth-order valence-corrected chi connectivity index (χ4v) is 5.19. The summed E-state index contributed by atoms with van der Waals surface area (Å²) in [5.41, 5.74) is 5.98. The Hall–Kier alpha value is -3.05. The summed E-state index contributed by atoms with van der Waals surface area (Å²) in [4.78, 5) is 24.0. The highest BCUT2D eigenvalue weighted by Crippen LogP contribution is 2.34. The van der Waals surface area contributed by atoms with Gasteiger partial charge in [0.2, 0.25) is 22.7 Å². The number of sulfonamides is 1. The first-order chi connectivity index (χ1) is 14.3. The molecule has 0 bridgehead atoms. The van der Waals surface area contributed by atoms with Gasteiger partial charge in [-0.05, 0) is 31.0 Å². The van der Waals surface area contributed by atoms with Crippen LogP contribution in [0.25, 0.3) is 0 Å². The third-order valence-corrected chi connectivity index (χ3v) is 7.20. The Labute approximate surface area is 173 Å². The van der Waals surface area contributed by atoms with Crippen LogP contribution in [0.5, 0.6) is 11.5 Å². The summed E-state index contributed by atoms with van der Waals surface area (Å²) in [5.74, 6) is 0.0390. The summed E-state index contributed by atoms with van der Waals surface area (Å²) in [6, 6.07) is 6.44. The number of amides is 2. The first-order valence-electron chi connectivity index (χ1n) is 9.42. The lowest BCUT2D eigenvalue weighted by Crippen LogP contribution is -2.41. The molecule has 2 aliphatic heterocycles. The number of nitrogens with one attached hydrogen (secondary N) is 1. The molecule has 3 heterocycles. The summed E-state index contributed by atoms with van der Waals surface area (Å²) < 4.78 is 39.1. The van der Waals surface area contributed by atoms with Crippen LogP contribution in [-0.2, 0) is 21.9 Å². The first-order valence-corrected chi connectivity index (χ1v) is 10.9. The normalized spacial score (nSPS) is 17.1. The van der Waals surface area contributed by atoms with E-state index in [1.54, 1.807) is 25.2 Å². The van der Waals surface area contributed by atoms with E-state index in [0.717, 1.165) is 0 Å². The number of primary amides is 1. The Morgan fingerprint density at radius 2 is 1.83 bits per heavy atom. The zero-order valence-electron chi connectivity index (χ0n) is 16.3. The molecule has 0 spiro atoms. The first kappa shape index (κ1) is 20.2. The van der Waals surface area contributed by atoms with Crippen LogP contribution < -0.4 is 20.5 Å². The Morgan fingerprint density at radius 3 is 2.50 bits per heavy atom. The van der Waals surface area contributed by atoms with Crippen molar-refractivity contribution < 1.29 is 27.5 Å². The minimum absolute atomic E-state index is 0.0158. The summed E-state index contributed by atoms with van der Waals surface area (Å²) in [6.07, 6.45) is 2.16. The number of rotatable bonds is 5. The van der Waals surface area contributed by atoms with Crippen LogP contribution in [0.3, 0.4) is 0 Å². The maximum absolute atomic E-state index is 12.9. The second-order valence-corrected chi connectivity index (χ2v) is 9.21. The van der Waals surface area contributed by atoms with Crippen LogP contribution in [0.4, 0.5) is 5.69 Å². The molecule has 0 atom stereocenters. The number of benzene rings is 1. The number of carbonyl (C=O) groups excluding carboxylic acids is 2.